The minimum atomic E-state index is 0.202. The van der Waals surface area contributed by atoms with Crippen LogP contribution in [0.5, 0.6) is 11.5 Å². The van der Waals surface area contributed by atoms with Gasteiger partial charge in [-0.2, -0.15) is 0 Å². The van der Waals surface area contributed by atoms with E-state index in [1.807, 2.05) is 25.1 Å². The van der Waals surface area contributed by atoms with Crippen molar-refractivity contribution in [2.24, 2.45) is 0 Å². The Labute approximate surface area is 116 Å². The van der Waals surface area contributed by atoms with Gasteiger partial charge >= 0.3 is 0 Å². The molecule has 1 heterocycles. The molecule has 6 heteroatoms. The molecule has 2 rings (SSSR count). The van der Waals surface area contributed by atoms with Crippen LogP contribution in [0, 0.1) is 6.92 Å². The Morgan fingerprint density at radius 3 is 2.58 bits per heavy atom. The van der Waals surface area contributed by atoms with Crippen LogP contribution in [0.15, 0.2) is 24.4 Å². The van der Waals surface area contributed by atoms with Crippen LogP contribution >= 0.6 is 11.6 Å². The molecule has 0 aliphatic carbocycles. The van der Waals surface area contributed by atoms with Crippen molar-refractivity contribution in [3.05, 3.63) is 35.2 Å². The minimum absolute atomic E-state index is 0.202. The van der Waals surface area contributed by atoms with Crippen molar-refractivity contribution in [1.82, 2.24) is 9.97 Å². The molecule has 0 amide bonds. The number of nitrogens with one attached hydrogen (secondary N) is 1. The second-order valence-corrected chi connectivity index (χ2v) is 4.20. The van der Waals surface area contributed by atoms with Gasteiger partial charge in [0.1, 0.15) is 5.82 Å². The Kier molecular flexibility index (Phi) is 4.06. The first-order chi connectivity index (χ1) is 9.13. The molecule has 1 aromatic carbocycles. The zero-order chi connectivity index (χ0) is 13.8. The number of aryl methyl sites for hydroxylation is 1. The van der Waals surface area contributed by atoms with E-state index in [4.69, 9.17) is 21.1 Å². The molecule has 0 radical (unpaired) electrons. The van der Waals surface area contributed by atoms with E-state index in [9.17, 15) is 0 Å². The second-order valence-electron chi connectivity index (χ2n) is 3.87. The van der Waals surface area contributed by atoms with Crippen LogP contribution in [0.25, 0.3) is 0 Å². The molecule has 19 heavy (non-hydrogen) atoms. The zero-order valence-electron chi connectivity index (χ0n) is 10.9. The summed E-state index contributed by atoms with van der Waals surface area (Å²) in [4.78, 5) is 8.05. The summed E-state index contributed by atoms with van der Waals surface area (Å²) in [5.74, 6) is 1.98. The molecular formula is C13H14ClN3O2. The van der Waals surface area contributed by atoms with E-state index >= 15 is 0 Å². The van der Waals surface area contributed by atoms with Gasteiger partial charge in [-0.3, -0.25) is 0 Å². The molecule has 0 bridgehead atoms. The number of rotatable bonds is 4. The van der Waals surface area contributed by atoms with E-state index < -0.39 is 0 Å². The molecule has 0 saturated carbocycles. The highest BCUT2D eigenvalue weighted by atomic mass is 35.5. The molecule has 1 N–H and O–H groups in total. The number of aromatic nitrogens is 2. The van der Waals surface area contributed by atoms with Gasteiger partial charge in [-0.1, -0.05) is 0 Å². The van der Waals surface area contributed by atoms with Crippen LogP contribution in [-0.4, -0.2) is 24.2 Å². The largest absolute Gasteiger partial charge is 0.493 e. The van der Waals surface area contributed by atoms with E-state index in [2.05, 4.69) is 15.3 Å². The Morgan fingerprint density at radius 1 is 1.16 bits per heavy atom. The maximum Gasteiger partial charge on any atom is 0.224 e. The first kappa shape index (κ1) is 13.4. The number of nitrogens with zero attached hydrogens (tertiary/aromatic N) is 2. The van der Waals surface area contributed by atoms with Crippen LogP contribution in [0.1, 0.15) is 5.56 Å². The molecule has 5 nitrogen and oxygen atoms in total. The summed E-state index contributed by atoms with van der Waals surface area (Å²) in [6.45, 7) is 1.90. The highest BCUT2D eigenvalue weighted by Crippen LogP contribution is 2.31. The monoisotopic (exact) mass is 279 g/mol. The predicted octanol–water partition coefficient (Wildman–Crippen LogP) is 3.20. The second kappa shape index (κ2) is 5.75. The van der Waals surface area contributed by atoms with Crippen LogP contribution in [-0.2, 0) is 0 Å². The first-order valence-electron chi connectivity index (χ1n) is 5.62. The number of halogens is 1. The summed E-state index contributed by atoms with van der Waals surface area (Å²) in [6.07, 6.45) is 1.67. The third kappa shape index (κ3) is 3.06. The number of anilines is 2. The van der Waals surface area contributed by atoms with Crippen molar-refractivity contribution in [2.45, 2.75) is 6.92 Å². The molecule has 0 aliphatic rings. The Hall–Kier alpha value is -2.01. The minimum Gasteiger partial charge on any atom is -0.493 e. The van der Waals surface area contributed by atoms with E-state index in [1.165, 1.54) is 0 Å². The molecule has 0 saturated heterocycles. The molecule has 0 fully saturated rings. The van der Waals surface area contributed by atoms with Crippen molar-refractivity contribution in [1.29, 1.82) is 0 Å². The van der Waals surface area contributed by atoms with Crippen molar-refractivity contribution < 1.29 is 9.47 Å². The summed E-state index contributed by atoms with van der Waals surface area (Å²) >= 11 is 5.78. The summed E-state index contributed by atoms with van der Waals surface area (Å²) in [5.41, 5.74) is 1.73. The van der Waals surface area contributed by atoms with E-state index in [0.29, 0.717) is 17.3 Å². The average Bonchev–Trinajstić information content (AvgIpc) is 2.42. The number of hydrogen-bond donors (Lipinski definition) is 1. The molecule has 2 aromatic rings. The normalized spacial score (nSPS) is 10.1. The first-order valence-corrected chi connectivity index (χ1v) is 6.00. The van der Waals surface area contributed by atoms with Crippen LogP contribution in [0.4, 0.5) is 11.5 Å². The molecule has 0 unspecified atom stereocenters. The van der Waals surface area contributed by atoms with Crippen LogP contribution < -0.4 is 14.8 Å². The standard InChI is InChI=1S/C13H14ClN3O2/c1-8-7-15-13(14)17-12(8)16-9-4-5-10(18-2)11(6-9)19-3/h4-7H,1-3H3,(H,15,16,17). The number of hydrogen-bond acceptors (Lipinski definition) is 5. The number of benzene rings is 1. The lowest BCUT2D eigenvalue weighted by atomic mass is 10.2. The average molecular weight is 280 g/mol. The molecule has 0 atom stereocenters. The van der Waals surface area contributed by atoms with Gasteiger partial charge in [0.25, 0.3) is 0 Å². The van der Waals surface area contributed by atoms with E-state index in [-0.39, 0.29) is 5.28 Å². The topological polar surface area (TPSA) is 56.3 Å². The quantitative estimate of drug-likeness (QED) is 0.871. The van der Waals surface area contributed by atoms with Crippen molar-refractivity contribution >= 4 is 23.1 Å². The van der Waals surface area contributed by atoms with Crippen molar-refractivity contribution in [3.8, 4) is 11.5 Å². The van der Waals surface area contributed by atoms with Gasteiger partial charge in [-0.05, 0) is 30.7 Å². The lowest BCUT2D eigenvalue weighted by Crippen LogP contribution is -1.99. The summed E-state index contributed by atoms with van der Waals surface area (Å²) in [5, 5.41) is 3.37. The lowest BCUT2D eigenvalue weighted by Gasteiger charge is -2.12. The Morgan fingerprint density at radius 2 is 1.89 bits per heavy atom. The summed E-state index contributed by atoms with van der Waals surface area (Å²) < 4.78 is 10.4. The highest BCUT2D eigenvalue weighted by molar-refractivity contribution is 6.28. The van der Waals surface area contributed by atoms with Gasteiger partial charge in [0, 0.05) is 23.5 Å². The maximum atomic E-state index is 5.78. The lowest BCUT2D eigenvalue weighted by molar-refractivity contribution is 0.355. The van der Waals surface area contributed by atoms with Crippen molar-refractivity contribution in [3.63, 3.8) is 0 Å². The van der Waals surface area contributed by atoms with Gasteiger partial charge < -0.3 is 14.8 Å². The van der Waals surface area contributed by atoms with Gasteiger partial charge in [0.2, 0.25) is 5.28 Å². The molecule has 0 spiro atoms. The van der Waals surface area contributed by atoms with E-state index in [1.54, 1.807) is 20.4 Å². The number of methoxy groups -OCH3 is 2. The maximum absolute atomic E-state index is 5.78. The van der Waals surface area contributed by atoms with Gasteiger partial charge in [0.15, 0.2) is 11.5 Å². The fourth-order valence-electron chi connectivity index (χ4n) is 1.60. The smallest absolute Gasteiger partial charge is 0.224 e. The van der Waals surface area contributed by atoms with Gasteiger partial charge in [-0.15, -0.1) is 0 Å². The third-order valence-electron chi connectivity index (χ3n) is 2.59. The Balaban J connectivity index is 2.30. The SMILES string of the molecule is COc1ccc(Nc2nc(Cl)ncc2C)cc1OC. The highest BCUT2D eigenvalue weighted by Gasteiger charge is 2.07. The van der Waals surface area contributed by atoms with Crippen LogP contribution in [0.2, 0.25) is 5.28 Å². The fraction of sp³-hybridized carbons (Fsp3) is 0.231. The van der Waals surface area contributed by atoms with Crippen LogP contribution in [0.3, 0.4) is 0 Å². The zero-order valence-corrected chi connectivity index (χ0v) is 11.7. The van der Waals surface area contributed by atoms with Crippen molar-refractivity contribution in [2.75, 3.05) is 19.5 Å². The van der Waals surface area contributed by atoms with Gasteiger partial charge in [-0.25, -0.2) is 9.97 Å². The molecule has 0 aliphatic heterocycles. The summed E-state index contributed by atoms with van der Waals surface area (Å²) in [6, 6.07) is 5.52. The predicted molar refractivity (Wildman–Crippen MR) is 74.6 cm³/mol. The Bertz CT molecular complexity index is 590. The molecular weight excluding hydrogens is 266 g/mol. The molecule has 1 aromatic heterocycles. The third-order valence-corrected chi connectivity index (χ3v) is 2.77. The fourth-order valence-corrected chi connectivity index (χ4v) is 1.73. The van der Waals surface area contributed by atoms with Gasteiger partial charge in [0.05, 0.1) is 14.2 Å². The molecule has 100 valence electrons. The summed E-state index contributed by atoms with van der Waals surface area (Å²) in [7, 11) is 3.19. The number of ether oxygens (including phenoxy) is 2. The van der Waals surface area contributed by atoms with E-state index in [0.717, 1.165) is 11.3 Å².